The third-order valence-electron chi connectivity index (χ3n) is 9.88. The molecular formula is C45H83NO5. The molecule has 2 N–H and O–H groups in total. The summed E-state index contributed by atoms with van der Waals surface area (Å²) in [5, 5.41) is 11.1. The molecule has 0 aromatic carbocycles. The Bertz CT molecular complexity index is 838. The number of aliphatic carboxylic acids is 1. The van der Waals surface area contributed by atoms with E-state index in [-0.39, 0.29) is 24.5 Å². The number of unbranched alkanes of at least 4 members (excludes halogenated alkanes) is 25. The standard InChI is InChI=1S/C45H83NO5/c1-3-5-7-9-11-13-15-17-19-21-23-25-27-32-36-40-45(50)51-42(38-34-30-28-31-35-39-43(47)46-41-44(48)49)37-33-29-26-24-22-20-18-16-14-12-10-8-6-4-2/h11,13,17,19,42H,3-10,12,14-16,18,20-41H2,1-2H3,(H,46,47)(H,48,49)/b13-11-,19-17-. The number of hydrogen-bond donors (Lipinski definition) is 2. The van der Waals surface area contributed by atoms with Crippen LogP contribution >= 0.6 is 0 Å². The first-order valence-corrected chi connectivity index (χ1v) is 22.0. The number of allylic oxidation sites excluding steroid dienone is 4. The van der Waals surface area contributed by atoms with E-state index >= 15 is 0 Å². The summed E-state index contributed by atoms with van der Waals surface area (Å²) in [6, 6.07) is 0. The zero-order valence-corrected chi connectivity index (χ0v) is 33.7. The molecular weight excluding hydrogens is 634 g/mol. The van der Waals surface area contributed by atoms with Crippen LogP contribution in [0.4, 0.5) is 0 Å². The van der Waals surface area contributed by atoms with Gasteiger partial charge in [-0.15, -0.1) is 0 Å². The van der Waals surface area contributed by atoms with Crippen LogP contribution < -0.4 is 5.32 Å². The first-order valence-electron chi connectivity index (χ1n) is 22.0. The van der Waals surface area contributed by atoms with Crippen molar-refractivity contribution in [2.45, 2.75) is 238 Å². The average Bonchev–Trinajstić information content (AvgIpc) is 3.11. The highest BCUT2D eigenvalue weighted by Crippen LogP contribution is 2.19. The number of esters is 1. The number of carboxylic acids is 1. The Labute approximate surface area is 315 Å². The molecule has 6 nitrogen and oxygen atoms in total. The van der Waals surface area contributed by atoms with Crippen molar-refractivity contribution in [3.8, 4) is 0 Å². The van der Waals surface area contributed by atoms with Gasteiger partial charge in [0, 0.05) is 12.8 Å². The molecule has 1 amide bonds. The highest BCUT2D eigenvalue weighted by molar-refractivity contribution is 5.80. The molecule has 298 valence electrons. The zero-order chi connectivity index (χ0) is 37.3. The summed E-state index contributed by atoms with van der Waals surface area (Å²) >= 11 is 0. The van der Waals surface area contributed by atoms with Crippen molar-refractivity contribution >= 4 is 17.8 Å². The van der Waals surface area contributed by atoms with Gasteiger partial charge in [-0.25, -0.2) is 0 Å². The fraction of sp³-hybridized carbons (Fsp3) is 0.844. The lowest BCUT2D eigenvalue weighted by molar-refractivity contribution is -0.150. The van der Waals surface area contributed by atoms with Gasteiger partial charge in [0.15, 0.2) is 0 Å². The zero-order valence-electron chi connectivity index (χ0n) is 33.7. The predicted octanol–water partition coefficient (Wildman–Crippen LogP) is 13.5. The van der Waals surface area contributed by atoms with Crippen LogP contribution in [0.1, 0.15) is 232 Å². The summed E-state index contributed by atoms with van der Waals surface area (Å²) in [4.78, 5) is 35.0. The second kappa shape index (κ2) is 40.7. The molecule has 51 heavy (non-hydrogen) atoms. The number of carboxylic acid groups (broad SMARTS) is 1. The molecule has 6 heteroatoms. The van der Waals surface area contributed by atoms with Gasteiger partial charge in [0.05, 0.1) is 0 Å². The quantitative estimate of drug-likeness (QED) is 0.0374. The van der Waals surface area contributed by atoms with Crippen molar-refractivity contribution in [1.82, 2.24) is 5.32 Å². The molecule has 0 aliphatic carbocycles. The van der Waals surface area contributed by atoms with Crippen LogP contribution in [0.15, 0.2) is 24.3 Å². The SMILES string of the molecule is CCCCC/C=C\C/C=C\CCCCCCCC(=O)OC(CCCCCCCCCCCCCCCC)CCCCCCCC(=O)NCC(=O)O. The molecule has 0 rings (SSSR count). The van der Waals surface area contributed by atoms with E-state index in [1.807, 2.05) is 0 Å². The van der Waals surface area contributed by atoms with Crippen LogP contribution in [0, 0.1) is 0 Å². The highest BCUT2D eigenvalue weighted by atomic mass is 16.5. The molecule has 0 saturated heterocycles. The Hall–Kier alpha value is -2.11. The van der Waals surface area contributed by atoms with Crippen molar-refractivity contribution in [2.24, 2.45) is 0 Å². The Balaban J connectivity index is 4.18. The van der Waals surface area contributed by atoms with Crippen molar-refractivity contribution in [3.05, 3.63) is 24.3 Å². The van der Waals surface area contributed by atoms with Gasteiger partial charge in [0.1, 0.15) is 12.6 Å². The van der Waals surface area contributed by atoms with Crippen LogP contribution in [0.5, 0.6) is 0 Å². The number of ether oxygens (including phenoxy) is 1. The minimum Gasteiger partial charge on any atom is -0.480 e. The van der Waals surface area contributed by atoms with Crippen molar-refractivity contribution in [3.63, 3.8) is 0 Å². The second-order valence-corrected chi connectivity index (χ2v) is 15.0. The van der Waals surface area contributed by atoms with Gasteiger partial charge >= 0.3 is 11.9 Å². The average molecular weight is 718 g/mol. The van der Waals surface area contributed by atoms with Gasteiger partial charge in [0.2, 0.25) is 5.91 Å². The van der Waals surface area contributed by atoms with Crippen LogP contribution in [-0.4, -0.2) is 35.6 Å². The fourth-order valence-corrected chi connectivity index (χ4v) is 6.60. The topological polar surface area (TPSA) is 92.7 Å². The molecule has 0 heterocycles. The van der Waals surface area contributed by atoms with E-state index in [0.29, 0.717) is 12.8 Å². The van der Waals surface area contributed by atoms with Crippen molar-refractivity contribution in [1.29, 1.82) is 0 Å². The first-order chi connectivity index (χ1) is 25.0. The summed E-state index contributed by atoms with van der Waals surface area (Å²) in [5.74, 6) is -1.23. The Kier molecular flexibility index (Phi) is 39.0. The summed E-state index contributed by atoms with van der Waals surface area (Å²) in [6.45, 7) is 4.21. The van der Waals surface area contributed by atoms with Crippen LogP contribution in [0.25, 0.3) is 0 Å². The van der Waals surface area contributed by atoms with E-state index in [4.69, 9.17) is 9.84 Å². The minimum absolute atomic E-state index is 0.0228. The largest absolute Gasteiger partial charge is 0.480 e. The lowest BCUT2D eigenvalue weighted by Gasteiger charge is -2.18. The third-order valence-corrected chi connectivity index (χ3v) is 9.88. The van der Waals surface area contributed by atoms with Crippen molar-refractivity contribution < 1.29 is 24.2 Å². The summed E-state index contributed by atoms with van der Waals surface area (Å²) in [7, 11) is 0. The van der Waals surface area contributed by atoms with E-state index in [1.165, 1.54) is 128 Å². The van der Waals surface area contributed by atoms with E-state index in [1.54, 1.807) is 0 Å². The minimum atomic E-state index is -1.02. The normalized spacial score (nSPS) is 12.2. The van der Waals surface area contributed by atoms with Gasteiger partial charge in [-0.05, 0) is 70.6 Å². The Morgan fingerprint density at radius 1 is 0.510 bits per heavy atom. The third kappa shape index (κ3) is 40.5. The van der Waals surface area contributed by atoms with E-state index < -0.39 is 5.97 Å². The first kappa shape index (κ1) is 48.9. The van der Waals surface area contributed by atoms with E-state index in [2.05, 4.69) is 43.5 Å². The monoisotopic (exact) mass is 718 g/mol. The molecule has 0 aliphatic heterocycles. The van der Waals surface area contributed by atoms with E-state index in [9.17, 15) is 14.4 Å². The molecule has 0 spiro atoms. The smallest absolute Gasteiger partial charge is 0.322 e. The molecule has 0 aromatic rings. The van der Waals surface area contributed by atoms with Crippen LogP contribution in [0.3, 0.4) is 0 Å². The number of carbonyl (C=O) groups is 3. The van der Waals surface area contributed by atoms with Gasteiger partial charge in [-0.1, -0.05) is 173 Å². The lowest BCUT2D eigenvalue weighted by Crippen LogP contribution is -2.28. The van der Waals surface area contributed by atoms with Gasteiger partial charge in [-0.3, -0.25) is 14.4 Å². The highest BCUT2D eigenvalue weighted by Gasteiger charge is 2.14. The molecule has 0 aliphatic rings. The molecule has 1 atom stereocenters. The van der Waals surface area contributed by atoms with Gasteiger partial charge in [-0.2, -0.15) is 0 Å². The van der Waals surface area contributed by atoms with Gasteiger partial charge < -0.3 is 15.2 Å². The summed E-state index contributed by atoms with van der Waals surface area (Å²) in [5.41, 5.74) is 0. The maximum absolute atomic E-state index is 12.8. The van der Waals surface area contributed by atoms with Crippen LogP contribution in [0.2, 0.25) is 0 Å². The fourth-order valence-electron chi connectivity index (χ4n) is 6.60. The summed E-state index contributed by atoms with van der Waals surface area (Å²) < 4.78 is 6.03. The molecule has 0 bridgehead atoms. The summed E-state index contributed by atoms with van der Waals surface area (Å²) in [6.07, 6.45) is 48.7. The maximum Gasteiger partial charge on any atom is 0.322 e. The van der Waals surface area contributed by atoms with Crippen molar-refractivity contribution in [2.75, 3.05) is 6.54 Å². The lowest BCUT2D eigenvalue weighted by atomic mass is 10.0. The van der Waals surface area contributed by atoms with Gasteiger partial charge in [0.25, 0.3) is 0 Å². The number of nitrogens with one attached hydrogen (secondary N) is 1. The Morgan fingerprint density at radius 2 is 0.902 bits per heavy atom. The number of hydrogen-bond acceptors (Lipinski definition) is 4. The van der Waals surface area contributed by atoms with E-state index in [0.717, 1.165) is 77.0 Å². The molecule has 0 aromatic heterocycles. The Morgan fingerprint density at radius 3 is 1.39 bits per heavy atom. The number of rotatable bonds is 40. The second-order valence-electron chi connectivity index (χ2n) is 15.0. The molecule has 0 fully saturated rings. The molecule has 1 unspecified atom stereocenters. The molecule has 0 saturated carbocycles. The predicted molar refractivity (Wildman–Crippen MR) is 217 cm³/mol. The number of carbonyl (C=O) groups excluding carboxylic acids is 2. The maximum atomic E-state index is 12.8. The number of amides is 1. The van der Waals surface area contributed by atoms with Crippen LogP contribution in [-0.2, 0) is 19.1 Å². The molecule has 0 radical (unpaired) electrons.